The highest BCUT2D eigenvalue weighted by atomic mass is 16.5. The molecule has 158 valence electrons. The summed E-state index contributed by atoms with van der Waals surface area (Å²) in [7, 11) is 1.69. The first-order valence-corrected chi connectivity index (χ1v) is 10.3. The van der Waals surface area contributed by atoms with Crippen molar-refractivity contribution in [3.63, 3.8) is 0 Å². The Balaban J connectivity index is 1.59. The van der Waals surface area contributed by atoms with Crippen molar-refractivity contribution in [2.45, 2.75) is 32.0 Å². The quantitative estimate of drug-likeness (QED) is 0.320. The number of nitrogens with zero attached hydrogens (tertiary/aromatic N) is 2. The Kier molecular flexibility index (Phi) is 8.55. The Bertz CT molecular complexity index is 748. The average Bonchev–Trinajstić information content (AvgIpc) is 3.38. The summed E-state index contributed by atoms with van der Waals surface area (Å²) in [6, 6.07) is 12.3. The lowest BCUT2D eigenvalue weighted by Gasteiger charge is -2.17. The van der Waals surface area contributed by atoms with Gasteiger partial charge in [0.2, 0.25) is 0 Å². The molecule has 1 aromatic heterocycles. The molecule has 1 unspecified atom stereocenters. The standard InChI is InChI=1S/C22H32N4O3/c1-28-14-11-24-22(23-10-8-21-7-4-13-29-21)25-15-18-5-2-3-6-19(18)16-26-12-9-20(27)17-26/h2-7,13,20,27H,8-12,14-17H2,1H3,(H2,23,24,25). The van der Waals surface area contributed by atoms with E-state index in [1.54, 1.807) is 13.4 Å². The fraction of sp³-hybridized carbons (Fsp3) is 0.500. The molecule has 29 heavy (non-hydrogen) atoms. The summed E-state index contributed by atoms with van der Waals surface area (Å²) < 4.78 is 10.5. The topological polar surface area (TPSA) is 82.3 Å². The molecule has 0 aliphatic carbocycles. The number of β-amino-alcohol motifs (C(OH)–C–C–N with tert-alkyl or cyclic N) is 1. The molecule has 7 nitrogen and oxygen atoms in total. The summed E-state index contributed by atoms with van der Waals surface area (Å²) in [6.07, 6.45) is 3.15. The van der Waals surface area contributed by atoms with E-state index in [1.165, 1.54) is 11.1 Å². The lowest BCUT2D eigenvalue weighted by Crippen LogP contribution is -2.40. The number of benzene rings is 1. The van der Waals surface area contributed by atoms with Gasteiger partial charge in [0.05, 0.1) is 25.5 Å². The van der Waals surface area contributed by atoms with E-state index in [0.29, 0.717) is 19.7 Å². The Morgan fingerprint density at radius 3 is 2.76 bits per heavy atom. The molecule has 1 atom stereocenters. The number of methoxy groups -OCH3 is 1. The van der Waals surface area contributed by atoms with Gasteiger partial charge >= 0.3 is 0 Å². The third kappa shape index (κ3) is 7.20. The normalized spacial score (nSPS) is 17.6. The van der Waals surface area contributed by atoms with E-state index in [2.05, 4.69) is 39.8 Å². The number of aliphatic imine (C=N–C) groups is 1. The van der Waals surface area contributed by atoms with E-state index in [1.807, 2.05) is 12.1 Å². The van der Waals surface area contributed by atoms with Gasteiger partial charge in [-0.05, 0) is 29.7 Å². The van der Waals surface area contributed by atoms with Gasteiger partial charge in [-0.2, -0.15) is 0 Å². The third-order valence-electron chi connectivity index (χ3n) is 5.01. The van der Waals surface area contributed by atoms with Crippen LogP contribution in [0.25, 0.3) is 0 Å². The van der Waals surface area contributed by atoms with E-state index >= 15 is 0 Å². The summed E-state index contributed by atoms with van der Waals surface area (Å²) in [5, 5.41) is 16.5. The molecule has 1 saturated heterocycles. The zero-order valence-electron chi connectivity index (χ0n) is 17.1. The molecular formula is C22H32N4O3. The van der Waals surface area contributed by atoms with Crippen molar-refractivity contribution >= 4 is 5.96 Å². The van der Waals surface area contributed by atoms with Crippen LogP contribution in [0.15, 0.2) is 52.1 Å². The molecule has 0 spiro atoms. The van der Waals surface area contributed by atoms with Gasteiger partial charge in [0.25, 0.3) is 0 Å². The van der Waals surface area contributed by atoms with Gasteiger partial charge in [-0.15, -0.1) is 0 Å². The van der Waals surface area contributed by atoms with Crippen molar-refractivity contribution in [3.05, 3.63) is 59.5 Å². The van der Waals surface area contributed by atoms with Crippen LogP contribution in [-0.2, 0) is 24.2 Å². The lowest BCUT2D eigenvalue weighted by atomic mass is 10.1. The lowest BCUT2D eigenvalue weighted by molar-refractivity contribution is 0.174. The molecule has 1 aromatic carbocycles. The minimum Gasteiger partial charge on any atom is -0.469 e. The summed E-state index contributed by atoms with van der Waals surface area (Å²) in [4.78, 5) is 7.07. The predicted molar refractivity (Wildman–Crippen MR) is 114 cm³/mol. The molecule has 7 heteroatoms. The number of aliphatic hydroxyl groups is 1. The SMILES string of the molecule is COCCNC(=NCc1ccccc1CN1CCC(O)C1)NCCc1ccco1. The second kappa shape index (κ2) is 11.6. The number of guanidine groups is 1. The van der Waals surface area contributed by atoms with Gasteiger partial charge in [0, 0.05) is 46.3 Å². The summed E-state index contributed by atoms with van der Waals surface area (Å²) in [6.45, 7) is 5.17. The van der Waals surface area contributed by atoms with Crippen LogP contribution in [0.3, 0.4) is 0 Å². The maximum atomic E-state index is 9.78. The monoisotopic (exact) mass is 400 g/mol. The first kappa shape index (κ1) is 21.4. The van der Waals surface area contributed by atoms with E-state index in [4.69, 9.17) is 14.1 Å². The molecule has 0 radical (unpaired) electrons. The summed E-state index contributed by atoms with van der Waals surface area (Å²) >= 11 is 0. The smallest absolute Gasteiger partial charge is 0.191 e. The first-order chi connectivity index (χ1) is 14.2. The maximum Gasteiger partial charge on any atom is 0.191 e. The fourth-order valence-corrected chi connectivity index (χ4v) is 3.43. The van der Waals surface area contributed by atoms with Crippen molar-refractivity contribution in [1.82, 2.24) is 15.5 Å². The number of hydrogen-bond acceptors (Lipinski definition) is 5. The second-order valence-corrected chi connectivity index (χ2v) is 7.29. The van der Waals surface area contributed by atoms with Crippen LogP contribution in [0.5, 0.6) is 0 Å². The Morgan fingerprint density at radius 2 is 2.03 bits per heavy atom. The van der Waals surface area contributed by atoms with Gasteiger partial charge in [0.15, 0.2) is 5.96 Å². The maximum absolute atomic E-state index is 9.78. The molecule has 0 amide bonds. The molecule has 0 saturated carbocycles. The van der Waals surface area contributed by atoms with Crippen LogP contribution in [-0.4, -0.2) is 62.0 Å². The van der Waals surface area contributed by atoms with Crippen LogP contribution >= 0.6 is 0 Å². The van der Waals surface area contributed by atoms with E-state index in [9.17, 15) is 5.11 Å². The van der Waals surface area contributed by atoms with Crippen LogP contribution in [0.4, 0.5) is 0 Å². The zero-order valence-corrected chi connectivity index (χ0v) is 17.1. The molecule has 3 N–H and O–H groups in total. The van der Waals surface area contributed by atoms with Crippen LogP contribution in [0.1, 0.15) is 23.3 Å². The van der Waals surface area contributed by atoms with E-state index in [0.717, 1.165) is 50.7 Å². The fourth-order valence-electron chi connectivity index (χ4n) is 3.43. The zero-order chi connectivity index (χ0) is 20.3. The highest BCUT2D eigenvalue weighted by molar-refractivity contribution is 5.79. The second-order valence-electron chi connectivity index (χ2n) is 7.29. The molecule has 0 bridgehead atoms. The first-order valence-electron chi connectivity index (χ1n) is 10.3. The van der Waals surface area contributed by atoms with Crippen molar-refractivity contribution in [3.8, 4) is 0 Å². The van der Waals surface area contributed by atoms with Crippen LogP contribution in [0.2, 0.25) is 0 Å². The minimum atomic E-state index is -0.199. The molecule has 1 aliphatic rings. The molecule has 3 rings (SSSR count). The van der Waals surface area contributed by atoms with Crippen LogP contribution < -0.4 is 10.6 Å². The van der Waals surface area contributed by atoms with Gasteiger partial charge in [-0.25, -0.2) is 4.99 Å². The minimum absolute atomic E-state index is 0.199. The number of hydrogen-bond donors (Lipinski definition) is 3. The van der Waals surface area contributed by atoms with E-state index in [-0.39, 0.29) is 6.10 Å². The van der Waals surface area contributed by atoms with Crippen molar-refractivity contribution in [1.29, 1.82) is 0 Å². The number of likely N-dealkylation sites (tertiary alicyclic amines) is 1. The number of furan rings is 1. The number of ether oxygens (including phenoxy) is 1. The third-order valence-corrected chi connectivity index (χ3v) is 5.01. The number of nitrogens with one attached hydrogen (secondary N) is 2. The van der Waals surface area contributed by atoms with Gasteiger partial charge in [-0.1, -0.05) is 24.3 Å². The van der Waals surface area contributed by atoms with Gasteiger partial charge in [0.1, 0.15) is 5.76 Å². The molecule has 1 fully saturated rings. The molecular weight excluding hydrogens is 368 g/mol. The molecule has 1 aliphatic heterocycles. The summed E-state index contributed by atoms with van der Waals surface area (Å²) in [5.74, 6) is 1.71. The van der Waals surface area contributed by atoms with Crippen molar-refractivity contribution < 1.29 is 14.3 Å². The Hall–Kier alpha value is -2.35. The number of rotatable bonds is 10. The number of aliphatic hydroxyl groups excluding tert-OH is 1. The Labute approximate surface area is 172 Å². The van der Waals surface area contributed by atoms with Crippen molar-refractivity contribution in [2.75, 3.05) is 39.9 Å². The highest BCUT2D eigenvalue weighted by Crippen LogP contribution is 2.17. The highest BCUT2D eigenvalue weighted by Gasteiger charge is 2.20. The molecule has 2 aromatic rings. The average molecular weight is 401 g/mol. The van der Waals surface area contributed by atoms with Crippen molar-refractivity contribution in [2.24, 2.45) is 4.99 Å². The van der Waals surface area contributed by atoms with Gasteiger partial charge in [-0.3, -0.25) is 4.90 Å². The molecule has 2 heterocycles. The van der Waals surface area contributed by atoms with Crippen LogP contribution in [0, 0.1) is 0 Å². The summed E-state index contributed by atoms with van der Waals surface area (Å²) in [5.41, 5.74) is 2.46. The van der Waals surface area contributed by atoms with Gasteiger partial charge < -0.3 is 24.9 Å². The largest absolute Gasteiger partial charge is 0.469 e. The Morgan fingerprint density at radius 1 is 1.21 bits per heavy atom. The predicted octanol–water partition coefficient (Wildman–Crippen LogP) is 1.77. The van der Waals surface area contributed by atoms with E-state index < -0.39 is 0 Å².